The minimum atomic E-state index is -1.29. The zero-order valence-corrected chi connectivity index (χ0v) is 28.6. The molecule has 0 bridgehead atoms. The Bertz CT molecular complexity index is 1520. The smallest absolute Gasteiger partial charge is 0.404 e. The van der Waals surface area contributed by atoms with Gasteiger partial charge in [0.1, 0.15) is 30.0 Å². The third-order valence-electron chi connectivity index (χ3n) is 9.03. The van der Waals surface area contributed by atoms with Crippen LogP contribution in [0.25, 0.3) is 22.3 Å². The maximum atomic E-state index is 14.0. The minimum Gasteiger partial charge on any atom is -0.493 e. The summed E-state index contributed by atoms with van der Waals surface area (Å²) in [6, 6.07) is 7.25. The number of amides is 2. The van der Waals surface area contributed by atoms with Crippen molar-refractivity contribution in [2.75, 3.05) is 13.2 Å². The predicted octanol–water partition coefficient (Wildman–Crippen LogP) is 6.94. The van der Waals surface area contributed by atoms with Gasteiger partial charge in [-0.1, -0.05) is 39.6 Å². The number of ether oxygens (including phenoxy) is 2. The number of carboxylic acid groups (broad SMARTS) is 1. The highest BCUT2D eigenvalue weighted by molar-refractivity contribution is 6.76. The van der Waals surface area contributed by atoms with E-state index in [1.807, 2.05) is 11.5 Å². The van der Waals surface area contributed by atoms with Gasteiger partial charge in [0.15, 0.2) is 0 Å². The Morgan fingerprint density at radius 3 is 2.36 bits per heavy atom. The fraction of sp³-hybridized carbons (Fsp3) is 0.588. The molecule has 1 aromatic carbocycles. The number of carbonyl (C=O) groups excluding carboxylic acids is 1. The molecule has 244 valence electrons. The molecule has 45 heavy (non-hydrogen) atoms. The summed E-state index contributed by atoms with van der Waals surface area (Å²) in [6.45, 7) is 14.9. The molecule has 0 radical (unpaired) electrons. The quantitative estimate of drug-likeness (QED) is 0.137. The average molecular weight is 636 g/mol. The molecule has 2 aliphatic rings. The third-order valence-corrected chi connectivity index (χ3v) is 10.7. The lowest BCUT2D eigenvalue weighted by Crippen LogP contribution is -2.43. The van der Waals surface area contributed by atoms with Gasteiger partial charge in [0.05, 0.1) is 17.7 Å². The van der Waals surface area contributed by atoms with Crippen LogP contribution in [0.15, 0.2) is 24.5 Å². The molecule has 3 aromatic rings. The Balaban J connectivity index is 1.52. The van der Waals surface area contributed by atoms with Crippen LogP contribution in [0.5, 0.6) is 5.75 Å². The van der Waals surface area contributed by atoms with E-state index in [0.717, 1.165) is 34.3 Å². The van der Waals surface area contributed by atoms with Crippen LogP contribution >= 0.6 is 0 Å². The number of aromatic nitrogens is 3. The Labute approximate surface area is 267 Å². The van der Waals surface area contributed by atoms with Crippen molar-refractivity contribution in [1.29, 1.82) is 0 Å². The lowest BCUT2D eigenvalue weighted by atomic mass is 9.91. The lowest BCUT2D eigenvalue weighted by Gasteiger charge is -2.28. The Morgan fingerprint density at radius 1 is 1.04 bits per heavy atom. The van der Waals surface area contributed by atoms with Crippen LogP contribution in [-0.2, 0) is 11.5 Å². The van der Waals surface area contributed by atoms with Gasteiger partial charge in [-0.25, -0.2) is 14.8 Å². The number of hydrogen-bond acceptors (Lipinski definition) is 6. The second-order valence-electron chi connectivity index (χ2n) is 14.3. The van der Waals surface area contributed by atoms with Crippen LogP contribution in [0.2, 0.25) is 25.7 Å². The van der Waals surface area contributed by atoms with E-state index in [-0.39, 0.29) is 24.7 Å². The van der Waals surface area contributed by atoms with Crippen molar-refractivity contribution in [2.24, 2.45) is 5.92 Å². The highest BCUT2D eigenvalue weighted by Crippen LogP contribution is 2.39. The van der Waals surface area contributed by atoms with Gasteiger partial charge in [0, 0.05) is 38.0 Å². The molecule has 2 heterocycles. The number of nitrogens with one attached hydrogen (secondary N) is 2. The molecule has 2 fully saturated rings. The van der Waals surface area contributed by atoms with Crippen molar-refractivity contribution in [3.63, 3.8) is 0 Å². The number of benzene rings is 1. The number of fused-ring (bicyclic) bond motifs is 1. The predicted molar refractivity (Wildman–Crippen MR) is 179 cm³/mol. The van der Waals surface area contributed by atoms with Gasteiger partial charge in [-0.3, -0.25) is 4.79 Å². The summed E-state index contributed by atoms with van der Waals surface area (Å²) in [6.07, 6.45) is 5.72. The van der Waals surface area contributed by atoms with Crippen molar-refractivity contribution in [1.82, 2.24) is 25.2 Å². The van der Waals surface area contributed by atoms with Crippen molar-refractivity contribution < 1.29 is 24.2 Å². The van der Waals surface area contributed by atoms with Crippen molar-refractivity contribution >= 4 is 31.1 Å². The second-order valence-corrected chi connectivity index (χ2v) is 19.9. The molecule has 2 amide bonds. The van der Waals surface area contributed by atoms with E-state index >= 15 is 0 Å². The molecule has 0 saturated heterocycles. The zero-order chi connectivity index (χ0) is 32.3. The molecular weight excluding hydrogens is 586 g/mol. The van der Waals surface area contributed by atoms with Gasteiger partial charge in [0.25, 0.3) is 5.91 Å². The van der Waals surface area contributed by atoms with Crippen LogP contribution in [0, 0.1) is 12.8 Å². The van der Waals surface area contributed by atoms with Crippen LogP contribution in [0.3, 0.4) is 0 Å². The van der Waals surface area contributed by atoms with E-state index in [4.69, 9.17) is 19.6 Å². The van der Waals surface area contributed by atoms with E-state index in [2.05, 4.69) is 67.3 Å². The molecule has 2 aromatic heterocycles. The summed E-state index contributed by atoms with van der Waals surface area (Å²) < 4.78 is 14.7. The summed E-state index contributed by atoms with van der Waals surface area (Å²) in [5.74, 6) is 1.52. The lowest BCUT2D eigenvalue weighted by molar-refractivity contribution is 0.0877. The fourth-order valence-electron chi connectivity index (χ4n) is 5.98. The molecule has 0 spiro atoms. The first-order chi connectivity index (χ1) is 21.4. The molecule has 0 atom stereocenters. The SMILES string of the molecule is Cc1c(C(=O)N[C@H]2CC[C@H](NC(=O)O)CC2)c2ncnc(-c3cc(C(C)C)ccc3OCC3CC3)c2n1COCC[Si](C)(C)C. The summed E-state index contributed by atoms with van der Waals surface area (Å²) in [5.41, 5.74) is 5.46. The normalized spacial score (nSPS) is 18.7. The van der Waals surface area contributed by atoms with Crippen LogP contribution < -0.4 is 15.4 Å². The van der Waals surface area contributed by atoms with E-state index in [1.165, 1.54) is 18.4 Å². The topological polar surface area (TPSA) is 128 Å². The number of carbonyl (C=O) groups is 2. The molecular formula is C34H49N5O5Si. The van der Waals surface area contributed by atoms with Crippen LogP contribution in [-0.4, -0.2) is 65.0 Å². The summed E-state index contributed by atoms with van der Waals surface area (Å²) in [5, 5.41) is 14.9. The molecule has 11 heteroatoms. The van der Waals surface area contributed by atoms with E-state index in [0.29, 0.717) is 61.8 Å². The Morgan fingerprint density at radius 2 is 1.73 bits per heavy atom. The van der Waals surface area contributed by atoms with E-state index in [1.54, 1.807) is 6.33 Å². The number of nitrogens with zero attached hydrogens (tertiary/aromatic N) is 3. The minimum absolute atomic E-state index is 0.0402. The molecule has 2 saturated carbocycles. The van der Waals surface area contributed by atoms with Gasteiger partial charge in [0.2, 0.25) is 0 Å². The second kappa shape index (κ2) is 13.9. The van der Waals surface area contributed by atoms with Crippen molar-refractivity contribution in [3.05, 3.63) is 41.3 Å². The molecule has 2 aliphatic carbocycles. The monoisotopic (exact) mass is 635 g/mol. The average Bonchev–Trinajstić information content (AvgIpc) is 3.76. The first kappa shape index (κ1) is 32.9. The summed E-state index contributed by atoms with van der Waals surface area (Å²) in [7, 11) is -1.29. The molecule has 0 aliphatic heterocycles. The molecule has 5 rings (SSSR count). The highest BCUT2D eigenvalue weighted by Gasteiger charge is 2.30. The van der Waals surface area contributed by atoms with Crippen LogP contribution in [0.1, 0.15) is 79.9 Å². The van der Waals surface area contributed by atoms with Gasteiger partial charge >= 0.3 is 6.09 Å². The fourth-order valence-corrected chi connectivity index (χ4v) is 6.74. The Kier molecular flexibility index (Phi) is 10.2. The third kappa shape index (κ3) is 8.24. The van der Waals surface area contributed by atoms with Crippen molar-refractivity contribution in [3.8, 4) is 17.0 Å². The largest absolute Gasteiger partial charge is 0.493 e. The van der Waals surface area contributed by atoms with Gasteiger partial charge in [-0.2, -0.15) is 0 Å². The molecule has 0 unspecified atom stereocenters. The van der Waals surface area contributed by atoms with Gasteiger partial charge in [-0.15, -0.1) is 0 Å². The number of rotatable bonds is 13. The van der Waals surface area contributed by atoms with Gasteiger partial charge < -0.3 is 29.8 Å². The van der Waals surface area contributed by atoms with E-state index < -0.39 is 14.2 Å². The summed E-state index contributed by atoms with van der Waals surface area (Å²) >= 11 is 0. The van der Waals surface area contributed by atoms with Crippen molar-refractivity contribution in [2.45, 2.75) is 110 Å². The van der Waals surface area contributed by atoms with Gasteiger partial charge in [-0.05, 0) is 81.0 Å². The summed E-state index contributed by atoms with van der Waals surface area (Å²) in [4.78, 5) is 34.6. The standard InChI is InChI=1S/C34H49N5O5Si/c1-21(2)24-9-14-28(44-18-23-7-8-23)27(17-24)30-32-31(36-19-35-30)29(22(3)39(32)20-43-15-16-45(4,5)6)33(40)37-25-10-12-26(13-11-25)38-34(41)42/h9,14,17,19,21,23,25-26,38H,7-8,10-13,15-16,18,20H2,1-6H3,(H,37,40)(H,41,42)/t25-,26-. The molecule has 3 N–H and O–H groups in total. The first-order valence-electron chi connectivity index (χ1n) is 16.4. The maximum absolute atomic E-state index is 14.0. The van der Waals surface area contributed by atoms with E-state index in [9.17, 15) is 9.59 Å². The molecule has 10 nitrogen and oxygen atoms in total. The van der Waals surface area contributed by atoms with Crippen LogP contribution in [0.4, 0.5) is 4.79 Å². The maximum Gasteiger partial charge on any atom is 0.404 e. The Hall–Kier alpha value is -3.44. The zero-order valence-electron chi connectivity index (χ0n) is 27.6. The first-order valence-corrected chi connectivity index (χ1v) is 20.1. The number of hydrogen-bond donors (Lipinski definition) is 3. The highest BCUT2D eigenvalue weighted by atomic mass is 28.3.